The summed E-state index contributed by atoms with van der Waals surface area (Å²) < 4.78 is 11.1. The first-order valence-electron chi connectivity index (χ1n) is 6.38. The lowest BCUT2D eigenvalue weighted by molar-refractivity contribution is 0.0696. The Hall–Kier alpha value is -2.01. The lowest BCUT2D eigenvalue weighted by atomic mass is 9.94. The Balaban J connectivity index is 2.08. The third-order valence-electron chi connectivity index (χ3n) is 2.82. The van der Waals surface area contributed by atoms with Crippen molar-refractivity contribution >= 4 is 17.6 Å². The first-order chi connectivity index (χ1) is 9.77. The summed E-state index contributed by atoms with van der Waals surface area (Å²) >= 11 is 5.79. The first kappa shape index (κ1) is 15.4. The van der Waals surface area contributed by atoms with E-state index in [9.17, 15) is 4.79 Å². The molecule has 0 spiro atoms. The highest BCUT2D eigenvalue weighted by atomic mass is 35.5. The van der Waals surface area contributed by atoms with Crippen molar-refractivity contribution in [3.05, 3.63) is 46.6 Å². The van der Waals surface area contributed by atoms with Crippen molar-refractivity contribution < 1.29 is 19.1 Å². The van der Waals surface area contributed by atoms with Gasteiger partial charge in [0.15, 0.2) is 6.61 Å². The standard InChI is InChI=1S/C15H16ClNO4/c1-15(2,3)12-7-17-13(21-12)8-20-9-4-5-11(16)10(6-9)14(18)19/h4-7H,8H2,1-3H3,(H,18,19). The number of carboxylic acids is 1. The average Bonchev–Trinajstić information content (AvgIpc) is 2.86. The maximum Gasteiger partial charge on any atom is 0.337 e. The van der Waals surface area contributed by atoms with Crippen molar-refractivity contribution in [2.24, 2.45) is 0 Å². The lowest BCUT2D eigenvalue weighted by Gasteiger charge is -2.13. The van der Waals surface area contributed by atoms with Gasteiger partial charge in [0.2, 0.25) is 5.89 Å². The zero-order valence-electron chi connectivity index (χ0n) is 12.0. The topological polar surface area (TPSA) is 72.6 Å². The van der Waals surface area contributed by atoms with Crippen molar-refractivity contribution in [3.8, 4) is 5.75 Å². The number of rotatable bonds is 4. The van der Waals surface area contributed by atoms with Gasteiger partial charge < -0.3 is 14.3 Å². The normalized spacial score (nSPS) is 11.4. The van der Waals surface area contributed by atoms with Crippen LogP contribution in [0.1, 0.15) is 42.8 Å². The van der Waals surface area contributed by atoms with Crippen LogP contribution in [0.4, 0.5) is 0 Å². The Morgan fingerprint density at radius 1 is 1.43 bits per heavy atom. The molecule has 21 heavy (non-hydrogen) atoms. The second-order valence-corrected chi connectivity index (χ2v) is 6.01. The van der Waals surface area contributed by atoms with E-state index < -0.39 is 5.97 Å². The molecule has 0 aliphatic heterocycles. The highest BCUT2D eigenvalue weighted by Gasteiger charge is 2.19. The van der Waals surface area contributed by atoms with E-state index in [2.05, 4.69) is 4.98 Å². The number of nitrogens with zero attached hydrogens (tertiary/aromatic N) is 1. The highest BCUT2D eigenvalue weighted by Crippen LogP contribution is 2.25. The summed E-state index contributed by atoms with van der Waals surface area (Å²) in [6.07, 6.45) is 1.67. The summed E-state index contributed by atoms with van der Waals surface area (Å²) in [7, 11) is 0. The molecular weight excluding hydrogens is 294 g/mol. The fourth-order valence-electron chi connectivity index (χ4n) is 1.63. The summed E-state index contributed by atoms with van der Waals surface area (Å²) in [5, 5.41) is 9.16. The molecule has 1 heterocycles. The molecule has 0 bridgehead atoms. The Bertz CT molecular complexity index is 658. The van der Waals surface area contributed by atoms with Gasteiger partial charge in [-0.2, -0.15) is 0 Å². The second kappa shape index (κ2) is 5.77. The minimum absolute atomic E-state index is 0.00282. The third kappa shape index (κ3) is 3.76. The Labute approximate surface area is 127 Å². The van der Waals surface area contributed by atoms with Gasteiger partial charge in [-0.3, -0.25) is 0 Å². The van der Waals surface area contributed by atoms with Gasteiger partial charge in [0.05, 0.1) is 16.8 Å². The van der Waals surface area contributed by atoms with Crippen molar-refractivity contribution in [2.75, 3.05) is 0 Å². The van der Waals surface area contributed by atoms with Gasteiger partial charge in [0, 0.05) is 5.41 Å². The molecule has 0 aliphatic carbocycles. The molecule has 0 unspecified atom stereocenters. The first-order valence-corrected chi connectivity index (χ1v) is 6.76. The summed E-state index contributed by atoms with van der Waals surface area (Å²) in [5.41, 5.74) is -0.126. The van der Waals surface area contributed by atoms with Gasteiger partial charge in [0.25, 0.3) is 0 Å². The summed E-state index contributed by atoms with van der Waals surface area (Å²) in [6.45, 7) is 6.19. The van der Waals surface area contributed by atoms with Gasteiger partial charge in [-0.05, 0) is 18.2 Å². The molecule has 0 radical (unpaired) electrons. The molecular formula is C15H16ClNO4. The van der Waals surface area contributed by atoms with Crippen LogP contribution in [0.3, 0.4) is 0 Å². The molecule has 0 fully saturated rings. The molecule has 6 heteroatoms. The molecule has 0 atom stereocenters. The van der Waals surface area contributed by atoms with E-state index in [4.69, 9.17) is 25.9 Å². The van der Waals surface area contributed by atoms with Gasteiger partial charge in [0.1, 0.15) is 11.5 Å². The molecule has 2 aromatic rings. The predicted molar refractivity (Wildman–Crippen MR) is 77.9 cm³/mol. The van der Waals surface area contributed by atoms with Crippen LogP contribution >= 0.6 is 11.6 Å². The lowest BCUT2D eigenvalue weighted by Crippen LogP contribution is -2.09. The molecule has 5 nitrogen and oxygen atoms in total. The van der Waals surface area contributed by atoms with Crippen LogP contribution < -0.4 is 4.74 Å². The second-order valence-electron chi connectivity index (χ2n) is 5.60. The van der Waals surface area contributed by atoms with Crippen molar-refractivity contribution in [1.29, 1.82) is 0 Å². The quantitative estimate of drug-likeness (QED) is 0.927. The van der Waals surface area contributed by atoms with Crippen LogP contribution in [0.5, 0.6) is 5.75 Å². The van der Waals surface area contributed by atoms with Gasteiger partial charge >= 0.3 is 5.97 Å². The molecule has 0 aliphatic rings. The maximum absolute atomic E-state index is 11.0. The fraction of sp³-hybridized carbons (Fsp3) is 0.333. The van der Waals surface area contributed by atoms with E-state index in [-0.39, 0.29) is 22.6 Å². The van der Waals surface area contributed by atoms with Gasteiger partial charge in [-0.25, -0.2) is 9.78 Å². The molecule has 0 saturated heterocycles. The summed E-state index contributed by atoms with van der Waals surface area (Å²) in [4.78, 5) is 15.1. The zero-order chi connectivity index (χ0) is 15.6. The molecule has 2 rings (SSSR count). The van der Waals surface area contributed by atoms with Crippen molar-refractivity contribution in [1.82, 2.24) is 4.98 Å². The van der Waals surface area contributed by atoms with Crippen LogP contribution in [0.25, 0.3) is 0 Å². The monoisotopic (exact) mass is 309 g/mol. The van der Waals surface area contributed by atoms with Crippen LogP contribution in [0.15, 0.2) is 28.8 Å². The Morgan fingerprint density at radius 3 is 2.71 bits per heavy atom. The number of oxazole rings is 1. The summed E-state index contributed by atoms with van der Waals surface area (Å²) in [6, 6.07) is 4.46. The van der Waals surface area contributed by atoms with Crippen molar-refractivity contribution in [3.63, 3.8) is 0 Å². The van der Waals surface area contributed by atoms with Crippen molar-refractivity contribution in [2.45, 2.75) is 32.8 Å². The molecule has 1 aromatic carbocycles. The van der Waals surface area contributed by atoms with E-state index in [1.807, 2.05) is 20.8 Å². The van der Waals surface area contributed by atoms with Crippen LogP contribution in [-0.4, -0.2) is 16.1 Å². The third-order valence-corrected chi connectivity index (χ3v) is 3.15. The highest BCUT2D eigenvalue weighted by molar-refractivity contribution is 6.33. The molecule has 1 aromatic heterocycles. The van der Waals surface area contributed by atoms with Gasteiger partial charge in [-0.1, -0.05) is 32.4 Å². The predicted octanol–water partition coefficient (Wildman–Crippen LogP) is 3.90. The number of halogens is 1. The number of carboxylic acid groups (broad SMARTS) is 1. The number of aromatic carboxylic acids is 1. The van der Waals surface area contributed by atoms with Gasteiger partial charge in [-0.15, -0.1) is 0 Å². The largest absolute Gasteiger partial charge is 0.484 e. The Morgan fingerprint density at radius 2 is 2.14 bits per heavy atom. The zero-order valence-corrected chi connectivity index (χ0v) is 12.8. The fourth-order valence-corrected chi connectivity index (χ4v) is 1.83. The maximum atomic E-state index is 11.0. The number of hydrogen-bond donors (Lipinski definition) is 1. The summed E-state index contributed by atoms with van der Waals surface area (Å²) in [5.74, 6) is 0.499. The number of aromatic nitrogens is 1. The minimum Gasteiger partial charge on any atom is -0.484 e. The molecule has 0 saturated carbocycles. The SMILES string of the molecule is CC(C)(C)c1cnc(COc2ccc(Cl)c(C(=O)O)c2)o1. The number of carbonyl (C=O) groups is 1. The van der Waals surface area contributed by atoms with Crippen LogP contribution in [0, 0.1) is 0 Å². The average molecular weight is 310 g/mol. The van der Waals surface area contributed by atoms with E-state index in [0.29, 0.717) is 11.6 Å². The molecule has 112 valence electrons. The van der Waals surface area contributed by atoms with E-state index in [1.54, 1.807) is 12.3 Å². The number of benzene rings is 1. The Kier molecular flexibility index (Phi) is 4.23. The van der Waals surface area contributed by atoms with Crippen LogP contribution in [0.2, 0.25) is 5.02 Å². The number of ether oxygens (including phenoxy) is 1. The van der Waals surface area contributed by atoms with E-state index >= 15 is 0 Å². The molecule has 1 N–H and O–H groups in total. The van der Waals surface area contributed by atoms with E-state index in [0.717, 1.165) is 5.76 Å². The molecule has 0 amide bonds. The smallest absolute Gasteiger partial charge is 0.337 e. The minimum atomic E-state index is -1.10. The number of hydrogen-bond acceptors (Lipinski definition) is 4. The van der Waals surface area contributed by atoms with Crippen LogP contribution in [-0.2, 0) is 12.0 Å². The van der Waals surface area contributed by atoms with E-state index in [1.165, 1.54) is 12.1 Å².